The van der Waals surface area contributed by atoms with E-state index in [1.54, 1.807) is 23.3 Å². The lowest BCUT2D eigenvalue weighted by Gasteiger charge is -2.55. The van der Waals surface area contributed by atoms with Crippen molar-refractivity contribution in [1.29, 1.82) is 0 Å². The van der Waals surface area contributed by atoms with E-state index in [0.29, 0.717) is 17.3 Å². The van der Waals surface area contributed by atoms with Gasteiger partial charge in [-0.2, -0.15) is 0 Å². The van der Waals surface area contributed by atoms with E-state index in [1.807, 2.05) is 12.1 Å². The van der Waals surface area contributed by atoms with Gasteiger partial charge in [0.05, 0.1) is 0 Å². The van der Waals surface area contributed by atoms with E-state index in [4.69, 9.17) is 0 Å². The Balaban J connectivity index is 1.52. The zero-order valence-corrected chi connectivity index (χ0v) is 18.5. The quantitative estimate of drug-likeness (QED) is 0.592. The first-order chi connectivity index (χ1) is 13.8. The largest absolute Gasteiger partial charge is 0.312 e. The number of halogens is 1. The van der Waals surface area contributed by atoms with Gasteiger partial charge in [0, 0.05) is 13.1 Å². The molecule has 1 nitrogen and oxygen atoms in total. The minimum atomic E-state index is -0.162. The van der Waals surface area contributed by atoms with Gasteiger partial charge in [0.25, 0.3) is 0 Å². The summed E-state index contributed by atoms with van der Waals surface area (Å²) in [6.45, 7) is 11.5. The SMILES string of the molecule is CC(C)c1ccc2c(c1)CC[C@H]1[C@](C)(CNCc3ccc(F)cc3)CCC[C@]21C. The minimum absolute atomic E-state index is 0.162. The molecule has 0 saturated heterocycles. The Bertz CT molecular complexity index is 855. The van der Waals surface area contributed by atoms with Gasteiger partial charge in [-0.05, 0) is 82.7 Å². The van der Waals surface area contributed by atoms with Crippen molar-refractivity contribution in [2.75, 3.05) is 6.54 Å². The summed E-state index contributed by atoms with van der Waals surface area (Å²) in [7, 11) is 0. The number of aryl methyl sites for hydroxylation is 1. The highest BCUT2D eigenvalue weighted by molar-refractivity contribution is 5.42. The minimum Gasteiger partial charge on any atom is -0.312 e. The van der Waals surface area contributed by atoms with Crippen LogP contribution in [0.4, 0.5) is 4.39 Å². The molecule has 2 heteroatoms. The van der Waals surface area contributed by atoms with Crippen LogP contribution in [0.2, 0.25) is 0 Å². The lowest BCUT2D eigenvalue weighted by molar-refractivity contribution is 0.0257. The Morgan fingerprint density at radius 3 is 2.55 bits per heavy atom. The van der Waals surface area contributed by atoms with Crippen LogP contribution in [0, 0.1) is 17.2 Å². The van der Waals surface area contributed by atoms with E-state index < -0.39 is 0 Å². The summed E-state index contributed by atoms with van der Waals surface area (Å²) in [4.78, 5) is 0. The fraction of sp³-hybridized carbons (Fsp3) is 0.556. The number of hydrogen-bond donors (Lipinski definition) is 1. The maximum Gasteiger partial charge on any atom is 0.123 e. The van der Waals surface area contributed by atoms with Crippen LogP contribution in [-0.2, 0) is 18.4 Å². The first-order valence-corrected chi connectivity index (χ1v) is 11.4. The molecule has 0 spiro atoms. The Kier molecular flexibility index (Phi) is 5.59. The number of benzene rings is 2. The van der Waals surface area contributed by atoms with Gasteiger partial charge >= 0.3 is 0 Å². The monoisotopic (exact) mass is 393 g/mol. The Hall–Kier alpha value is -1.67. The lowest BCUT2D eigenvalue weighted by Crippen LogP contribution is -2.52. The molecular formula is C27H36FN. The Labute approximate surface area is 176 Å². The van der Waals surface area contributed by atoms with Crippen molar-refractivity contribution in [1.82, 2.24) is 5.32 Å². The summed E-state index contributed by atoms with van der Waals surface area (Å²) >= 11 is 0. The molecular weight excluding hydrogens is 357 g/mol. The van der Waals surface area contributed by atoms with Crippen LogP contribution in [0.3, 0.4) is 0 Å². The molecule has 4 rings (SSSR count). The molecule has 2 aliphatic carbocycles. The topological polar surface area (TPSA) is 12.0 Å². The van der Waals surface area contributed by atoms with Crippen molar-refractivity contribution in [2.45, 2.75) is 77.7 Å². The van der Waals surface area contributed by atoms with Gasteiger partial charge in [0.1, 0.15) is 5.82 Å². The van der Waals surface area contributed by atoms with Crippen LogP contribution in [0.5, 0.6) is 0 Å². The third-order valence-electron chi connectivity index (χ3n) is 7.94. The van der Waals surface area contributed by atoms with Crippen molar-refractivity contribution in [3.63, 3.8) is 0 Å². The zero-order chi connectivity index (χ0) is 20.6. The number of rotatable bonds is 5. The summed E-state index contributed by atoms with van der Waals surface area (Å²) in [6, 6.07) is 14.2. The molecule has 3 atom stereocenters. The van der Waals surface area contributed by atoms with Crippen molar-refractivity contribution in [2.24, 2.45) is 11.3 Å². The molecule has 0 bridgehead atoms. The highest BCUT2D eigenvalue weighted by atomic mass is 19.1. The van der Waals surface area contributed by atoms with Gasteiger partial charge in [-0.1, -0.05) is 64.4 Å². The fourth-order valence-electron chi connectivity index (χ4n) is 6.31. The van der Waals surface area contributed by atoms with E-state index in [-0.39, 0.29) is 11.2 Å². The zero-order valence-electron chi connectivity index (χ0n) is 18.5. The van der Waals surface area contributed by atoms with Crippen LogP contribution in [-0.4, -0.2) is 6.54 Å². The Morgan fingerprint density at radius 1 is 1.07 bits per heavy atom. The second-order valence-corrected chi connectivity index (χ2v) is 10.3. The highest BCUT2D eigenvalue weighted by Gasteiger charge is 2.51. The molecule has 0 heterocycles. The maximum absolute atomic E-state index is 13.2. The molecule has 1 fully saturated rings. The predicted molar refractivity (Wildman–Crippen MR) is 120 cm³/mol. The molecule has 0 radical (unpaired) electrons. The molecule has 0 aromatic heterocycles. The first-order valence-electron chi connectivity index (χ1n) is 11.4. The van der Waals surface area contributed by atoms with Gasteiger partial charge in [-0.3, -0.25) is 0 Å². The smallest absolute Gasteiger partial charge is 0.123 e. The van der Waals surface area contributed by atoms with E-state index in [1.165, 1.54) is 37.7 Å². The Morgan fingerprint density at radius 2 is 1.83 bits per heavy atom. The number of nitrogens with one attached hydrogen (secondary N) is 1. The summed E-state index contributed by atoms with van der Waals surface area (Å²) in [5.41, 5.74) is 6.44. The second kappa shape index (κ2) is 7.87. The predicted octanol–water partition coefficient (Wildman–Crippen LogP) is 6.75. The fourth-order valence-corrected chi connectivity index (χ4v) is 6.31. The number of fused-ring (bicyclic) bond motifs is 3. The normalized spacial score (nSPS) is 28.8. The van der Waals surface area contributed by atoms with Crippen molar-refractivity contribution < 1.29 is 4.39 Å². The van der Waals surface area contributed by atoms with Crippen LogP contribution in [0.15, 0.2) is 42.5 Å². The summed E-state index contributed by atoms with van der Waals surface area (Å²) < 4.78 is 13.2. The van der Waals surface area contributed by atoms with Crippen LogP contribution in [0.1, 0.15) is 81.5 Å². The van der Waals surface area contributed by atoms with E-state index in [0.717, 1.165) is 18.7 Å². The maximum atomic E-state index is 13.2. The van der Waals surface area contributed by atoms with Gasteiger partial charge in [-0.15, -0.1) is 0 Å². The average Bonchev–Trinajstić information content (AvgIpc) is 2.69. The molecule has 2 aromatic carbocycles. The molecule has 2 aromatic rings. The molecule has 1 N–H and O–H groups in total. The van der Waals surface area contributed by atoms with Crippen LogP contribution >= 0.6 is 0 Å². The third kappa shape index (κ3) is 3.89. The molecule has 0 aliphatic heterocycles. The van der Waals surface area contributed by atoms with Gasteiger partial charge in [0.2, 0.25) is 0 Å². The summed E-state index contributed by atoms with van der Waals surface area (Å²) in [6.07, 6.45) is 6.40. The molecule has 156 valence electrons. The van der Waals surface area contributed by atoms with Crippen molar-refractivity contribution >= 4 is 0 Å². The second-order valence-electron chi connectivity index (χ2n) is 10.3. The standard InChI is InChI=1S/C27H36FN/c1-19(2)21-8-12-24-22(16-21)9-13-25-26(3,14-5-15-27(24,25)4)18-29-17-20-6-10-23(28)11-7-20/h6-8,10-12,16,19,25,29H,5,9,13-15,17-18H2,1-4H3/t25-,26-,27+/m0/s1. The average molecular weight is 394 g/mol. The molecule has 1 saturated carbocycles. The molecule has 0 unspecified atom stereocenters. The first kappa shape index (κ1) is 20.6. The van der Waals surface area contributed by atoms with Crippen LogP contribution < -0.4 is 5.32 Å². The van der Waals surface area contributed by atoms with Crippen LogP contribution in [0.25, 0.3) is 0 Å². The molecule has 29 heavy (non-hydrogen) atoms. The van der Waals surface area contributed by atoms with Crippen molar-refractivity contribution in [3.05, 3.63) is 70.5 Å². The summed E-state index contributed by atoms with van der Waals surface area (Å²) in [5, 5.41) is 3.71. The van der Waals surface area contributed by atoms with E-state index in [9.17, 15) is 4.39 Å². The third-order valence-corrected chi connectivity index (χ3v) is 7.94. The summed E-state index contributed by atoms with van der Waals surface area (Å²) in [5.74, 6) is 1.14. The lowest BCUT2D eigenvalue weighted by atomic mass is 9.49. The highest BCUT2D eigenvalue weighted by Crippen LogP contribution is 2.57. The van der Waals surface area contributed by atoms with Crippen molar-refractivity contribution in [3.8, 4) is 0 Å². The van der Waals surface area contributed by atoms with Gasteiger partial charge in [0.15, 0.2) is 0 Å². The molecule has 2 aliphatic rings. The molecule has 0 amide bonds. The van der Waals surface area contributed by atoms with Gasteiger partial charge < -0.3 is 5.32 Å². The van der Waals surface area contributed by atoms with E-state index in [2.05, 4.69) is 51.2 Å². The van der Waals surface area contributed by atoms with E-state index >= 15 is 0 Å². The van der Waals surface area contributed by atoms with Gasteiger partial charge in [-0.25, -0.2) is 4.39 Å². The number of hydrogen-bond acceptors (Lipinski definition) is 1.